The third kappa shape index (κ3) is 0.900. The number of nitrogens with one attached hydrogen (secondary N) is 2. The molecule has 1 aliphatic rings. The van der Waals surface area contributed by atoms with E-state index in [9.17, 15) is 13.2 Å². The molecular weight excluding hydrogens is 168 g/mol. The lowest BCUT2D eigenvalue weighted by Crippen LogP contribution is -2.07. The second-order valence-corrected chi connectivity index (χ2v) is 4.63. The largest absolute Gasteiger partial charge is 0.301 e. The Morgan fingerprint density at radius 1 is 1.18 bits per heavy atom. The first-order valence-electron chi connectivity index (χ1n) is 3.07. The summed E-state index contributed by atoms with van der Waals surface area (Å²) in [5.41, 5.74) is 0.557. The van der Waals surface area contributed by atoms with Crippen molar-refractivity contribution >= 4 is 9.84 Å². The van der Waals surface area contributed by atoms with Gasteiger partial charge in [-0.15, -0.1) is 0 Å². The first-order valence-corrected chi connectivity index (χ1v) is 4.89. The van der Waals surface area contributed by atoms with Crippen LogP contribution in [0.3, 0.4) is 0 Å². The maximum absolute atomic E-state index is 10.9. The predicted molar refractivity (Wildman–Crippen MR) is 37.7 cm³/mol. The quantitative estimate of drug-likeness (QED) is 0.536. The smallest absolute Gasteiger partial charge is 0.268 e. The summed E-state index contributed by atoms with van der Waals surface area (Å²) in [4.78, 5) is 10.8. The van der Waals surface area contributed by atoms with Crippen LogP contribution in [0.4, 0.5) is 0 Å². The lowest BCUT2D eigenvalue weighted by molar-refractivity contribution is 0.597. The Kier molecular flexibility index (Phi) is 1.07. The Bertz CT molecular complexity index is 439. The van der Waals surface area contributed by atoms with Crippen molar-refractivity contribution in [1.82, 2.24) is 10.2 Å². The van der Waals surface area contributed by atoms with Gasteiger partial charge in [0.05, 0.1) is 22.8 Å². The highest BCUT2D eigenvalue weighted by Gasteiger charge is 2.28. The van der Waals surface area contributed by atoms with Crippen LogP contribution in [0, 0.1) is 0 Å². The lowest BCUT2D eigenvalue weighted by atomic mass is 10.3. The minimum atomic E-state index is -3.04. The van der Waals surface area contributed by atoms with Gasteiger partial charge in [0.25, 0.3) is 5.56 Å². The molecule has 0 unspecified atom stereocenters. The van der Waals surface area contributed by atoms with Gasteiger partial charge in [0.2, 0.25) is 0 Å². The average Bonchev–Trinajstić information content (AvgIpc) is 2.31. The van der Waals surface area contributed by atoms with Crippen molar-refractivity contribution in [2.75, 3.05) is 0 Å². The molecule has 0 saturated heterocycles. The average molecular weight is 174 g/mol. The minimum Gasteiger partial charge on any atom is -0.301 e. The fourth-order valence-corrected chi connectivity index (χ4v) is 2.72. The molecule has 0 radical (unpaired) electrons. The SMILES string of the molecule is O=c1[nH][nH]c2c1CS(=O)(=O)C2. The Morgan fingerprint density at radius 2 is 1.91 bits per heavy atom. The molecule has 0 aromatic carbocycles. The van der Waals surface area contributed by atoms with Gasteiger partial charge in [0.15, 0.2) is 9.84 Å². The molecule has 0 atom stereocenters. The van der Waals surface area contributed by atoms with Crippen LogP contribution in [-0.2, 0) is 21.3 Å². The number of rotatable bonds is 0. The van der Waals surface area contributed by atoms with Gasteiger partial charge in [-0.25, -0.2) is 8.42 Å². The zero-order valence-electron chi connectivity index (χ0n) is 5.55. The van der Waals surface area contributed by atoms with E-state index in [0.717, 1.165) is 0 Å². The standard InChI is InChI=1S/C5H6N2O3S/c8-5-3-1-11(9,10)2-4(3)6-7-5/h1-2H2,(H2,6,7,8). The van der Waals surface area contributed by atoms with Crippen molar-refractivity contribution in [1.29, 1.82) is 0 Å². The van der Waals surface area contributed by atoms with E-state index >= 15 is 0 Å². The van der Waals surface area contributed by atoms with Crippen molar-refractivity contribution in [3.8, 4) is 0 Å². The van der Waals surface area contributed by atoms with E-state index in [0.29, 0.717) is 11.3 Å². The number of hydrogen-bond donors (Lipinski definition) is 2. The van der Waals surface area contributed by atoms with Gasteiger partial charge in [-0.05, 0) is 0 Å². The number of aromatic amines is 2. The molecule has 0 fully saturated rings. The molecule has 11 heavy (non-hydrogen) atoms. The number of fused-ring (bicyclic) bond motifs is 1. The van der Waals surface area contributed by atoms with E-state index < -0.39 is 9.84 Å². The van der Waals surface area contributed by atoms with E-state index in [1.807, 2.05) is 0 Å². The normalized spacial score (nSPS) is 20.0. The third-order valence-electron chi connectivity index (χ3n) is 1.69. The molecule has 1 aromatic heterocycles. The molecule has 0 aliphatic carbocycles. The van der Waals surface area contributed by atoms with E-state index in [1.165, 1.54) is 0 Å². The Labute approximate surface area is 62.3 Å². The maximum Gasteiger partial charge on any atom is 0.268 e. The van der Waals surface area contributed by atoms with Crippen molar-refractivity contribution in [3.05, 3.63) is 21.6 Å². The van der Waals surface area contributed by atoms with Crippen molar-refractivity contribution in [2.45, 2.75) is 11.5 Å². The molecule has 0 amide bonds. The fraction of sp³-hybridized carbons (Fsp3) is 0.400. The summed E-state index contributed by atoms with van der Waals surface area (Å²) in [6.07, 6.45) is 0. The van der Waals surface area contributed by atoms with Gasteiger partial charge in [-0.2, -0.15) is 0 Å². The Morgan fingerprint density at radius 3 is 2.55 bits per heavy atom. The van der Waals surface area contributed by atoms with E-state index in [1.54, 1.807) is 0 Å². The summed E-state index contributed by atoms with van der Waals surface area (Å²) < 4.78 is 21.9. The molecule has 5 nitrogen and oxygen atoms in total. The number of aromatic nitrogens is 2. The van der Waals surface area contributed by atoms with Gasteiger partial charge in [0.1, 0.15) is 0 Å². The van der Waals surface area contributed by atoms with Gasteiger partial charge < -0.3 is 5.10 Å². The molecule has 60 valence electrons. The Hall–Kier alpha value is -1.04. The van der Waals surface area contributed by atoms with Crippen LogP contribution in [-0.4, -0.2) is 18.6 Å². The highest BCUT2D eigenvalue weighted by atomic mass is 32.2. The highest BCUT2D eigenvalue weighted by Crippen LogP contribution is 2.18. The van der Waals surface area contributed by atoms with Crippen molar-refractivity contribution in [2.24, 2.45) is 0 Å². The summed E-state index contributed by atoms with van der Waals surface area (Å²) in [7, 11) is -3.04. The number of hydrogen-bond acceptors (Lipinski definition) is 3. The van der Waals surface area contributed by atoms with Gasteiger partial charge >= 0.3 is 0 Å². The number of H-pyrrole nitrogens is 2. The fourth-order valence-electron chi connectivity index (χ4n) is 1.19. The van der Waals surface area contributed by atoms with Gasteiger partial charge in [-0.1, -0.05) is 0 Å². The van der Waals surface area contributed by atoms with Crippen LogP contribution in [0.1, 0.15) is 11.3 Å². The molecule has 0 spiro atoms. The Balaban J connectivity index is 2.68. The molecular formula is C5H6N2O3S. The summed E-state index contributed by atoms with van der Waals surface area (Å²) in [5, 5.41) is 4.86. The van der Waals surface area contributed by atoms with E-state index in [-0.39, 0.29) is 17.1 Å². The monoisotopic (exact) mass is 174 g/mol. The second kappa shape index (κ2) is 1.76. The molecule has 0 bridgehead atoms. The van der Waals surface area contributed by atoms with Crippen molar-refractivity contribution in [3.63, 3.8) is 0 Å². The minimum absolute atomic E-state index is 0.0406. The second-order valence-electron chi connectivity index (χ2n) is 2.57. The molecule has 0 saturated carbocycles. The maximum atomic E-state index is 10.9. The van der Waals surface area contributed by atoms with E-state index in [4.69, 9.17) is 0 Å². The topological polar surface area (TPSA) is 82.8 Å². The molecule has 1 aromatic rings. The molecule has 1 aliphatic heterocycles. The highest BCUT2D eigenvalue weighted by molar-refractivity contribution is 7.90. The number of sulfone groups is 1. The van der Waals surface area contributed by atoms with Crippen molar-refractivity contribution < 1.29 is 8.42 Å². The van der Waals surface area contributed by atoms with Crippen LogP contribution in [0.15, 0.2) is 4.79 Å². The molecule has 2 heterocycles. The summed E-state index contributed by atoms with van der Waals surface area (Å²) in [6.45, 7) is 0. The first kappa shape index (κ1) is 6.66. The van der Waals surface area contributed by atoms with Crippen LogP contribution in [0.25, 0.3) is 0 Å². The zero-order valence-corrected chi connectivity index (χ0v) is 6.36. The van der Waals surface area contributed by atoms with Gasteiger partial charge in [0, 0.05) is 0 Å². The summed E-state index contributed by atoms with van der Waals surface area (Å²) in [6, 6.07) is 0. The van der Waals surface area contributed by atoms with Gasteiger partial charge in [-0.3, -0.25) is 9.89 Å². The molecule has 6 heteroatoms. The molecule has 2 rings (SSSR count). The van der Waals surface area contributed by atoms with Crippen LogP contribution in [0.5, 0.6) is 0 Å². The lowest BCUT2D eigenvalue weighted by Gasteiger charge is -1.86. The zero-order chi connectivity index (χ0) is 8.06. The van der Waals surface area contributed by atoms with E-state index in [2.05, 4.69) is 10.2 Å². The third-order valence-corrected chi connectivity index (χ3v) is 3.15. The van der Waals surface area contributed by atoms with Crippen LogP contribution < -0.4 is 5.56 Å². The van der Waals surface area contributed by atoms with Crippen LogP contribution >= 0.6 is 0 Å². The summed E-state index contributed by atoms with van der Waals surface area (Å²) in [5.74, 6) is -0.164. The first-order chi connectivity index (χ1) is 5.08. The summed E-state index contributed by atoms with van der Waals surface area (Å²) >= 11 is 0. The van der Waals surface area contributed by atoms with Crippen LogP contribution in [0.2, 0.25) is 0 Å². The molecule has 2 N–H and O–H groups in total. The predicted octanol–water partition coefficient (Wildman–Crippen LogP) is -0.869.